The van der Waals surface area contributed by atoms with Gasteiger partial charge in [0.15, 0.2) is 0 Å². The highest BCUT2D eigenvalue weighted by molar-refractivity contribution is 5.94. The molecule has 0 aromatic carbocycles. The van der Waals surface area contributed by atoms with Crippen LogP contribution in [0.2, 0.25) is 0 Å². The van der Waals surface area contributed by atoms with Gasteiger partial charge in [-0.05, 0) is 51.0 Å². The van der Waals surface area contributed by atoms with E-state index in [1.807, 2.05) is 13.0 Å². The first kappa shape index (κ1) is 22.8. The Bertz CT molecular complexity index is 782. The molecule has 3 aliphatic rings. The molecule has 3 N–H and O–H groups in total. The van der Waals surface area contributed by atoms with Crippen molar-refractivity contribution < 1.29 is 24.5 Å². The van der Waals surface area contributed by atoms with E-state index in [0.717, 1.165) is 18.1 Å². The summed E-state index contributed by atoms with van der Waals surface area (Å²) in [5.74, 6) is -1.02. The highest BCUT2D eigenvalue weighted by atomic mass is 16.6. The Hall–Kier alpha value is -1.92. The summed E-state index contributed by atoms with van der Waals surface area (Å²) < 4.78 is 5.99. The van der Waals surface area contributed by atoms with E-state index in [0.29, 0.717) is 18.8 Å². The maximum Gasteiger partial charge on any atom is 0.331 e. The third-order valence-electron chi connectivity index (χ3n) is 6.91. The first-order valence-corrected chi connectivity index (χ1v) is 11.0. The van der Waals surface area contributed by atoms with Crippen LogP contribution in [0.1, 0.15) is 53.9 Å². The molecule has 0 aromatic heterocycles. The van der Waals surface area contributed by atoms with Crippen LogP contribution in [0.4, 0.5) is 0 Å². The van der Waals surface area contributed by atoms with Gasteiger partial charge >= 0.3 is 5.97 Å². The number of carbonyl (C=O) groups excluding carboxylic acids is 2. The summed E-state index contributed by atoms with van der Waals surface area (Å²) in [6.45, 7) is 10.4. The Morgan fingerprint density at radius 2 is 1.93 bits per heavy atom. The number of ether oxygens (including phenoxy) is 1. The molecule has 1 spiro atoms. The number of esters is 1. The fraction of sp³-hybridized carbons (Fsp3) is 0.667. The van der Waals surface area contributed by atoms with E-state index in [2.05, 4.69) is 39.1 Å². The molecule has 2 aliphatic heterocycles. The summed E-state index contributed by atoms with van der Waals surface area (Å²) in [4.78, 5) is 26.2. The molecule has 0 radical (unpaired) electrons. The molecule has 0 bridgehead atoms. The Morgan fingerprint density at radius 3 is 2.60 bits per heavy atom. The lowest BCUT2D eigenvalue weighted by atomic mass is 9.63. The fourth-order valence-corrected chi connectivity index (χ4v) is 5.27. The average molecular weight is 418 g/mol. The summed E-state index contributed by atoms with van der Waals surface area (Å²) in [6, 6.07) is -0.0792. The molecule has 166 valence electrons. The molecule has 1 aliphatic carbocycles. The van der Waals surface area contributed by atoms with Crippen LogP contribution in [0, 0.1) is 23.7 Å². The van der Waals surface area contributed by atoms with E-state index in [9.17, 15) is 19.8 Å². The van der Waals surface area contributed by atoms with Crippen molar-refractivity contribution in [1.29, 1.82) is 0 Å². The van der Waals surface area contributed by atoms with Gasteiger partial charge in [-0.15, -0.1) is 0 Å². The van der Waals surface area contributed by atoms with Crippen molar-refractivity contribution in [3.8, 4) is 0 Å². The molecule has 0 aromatic rings. The van der Waals surface area contributed by atoms with Crippen molar-refractivity contribution >= 4 is 11.9 Å². The number of amides is 1. The third kappa shape index (κ3) is 4.12. The van der Waals surface area contributed by atoms with Crippen LogP contribution in [0.15, 0.2) is 35.5 Å². The van der Waals surface area contributed by atoms with E-state index in [4.69, 9.17) is 4.74 Å². The second kappa shape index (κ2) is 8.67. The Kier molecular flexibility index (Phi) is 6.58. The number of carbonyl (C=O) groups is 2. The van der Waals surface area contributed by atoms with E-state index in [-0.39, 0.29) is 29.7 Å². The minimum absolute atomic E-state index is 0.0785. The molecule has 1 fully saturated rings. The largest absolute Gasteiger partial charge is 0.444 e. The summed E-state index contributed by atoms with van der Waals surface area (Å²) in [6.07, 6.45) is 6.06. The normalized spacial score (nSPS) is 42.5. The SMILES string of the molecule is CC1=C[C@@H]2/C=C(/C)CC[C@H](O)[C@H](O)/C=C\C(=O)O[C@]23C(=O)N[C@@H](CC(C)C)[C@@H]3[C@@H]1C. The number of aliphatic hydroxyl groups is 2. The molecular weight excluding hydrogens is 382 g/mol. The van der Waals surface area contributed by atoms with E-state index >= 15 is 0 Å². The van der Waals surface area contributed by atoms with Crippen molar-refractivity contribution in [1.82, 2.24) is 5.32 Å². The highest BCUT2D eigenvalue weighted by Gasteiger charge is 2.64. The lowest BCUT2D eigenvalue weighted by Crippen LogP contribution is -2.56. The van der Waals surface area contributed by atoms with E-state index in [1.54, 1.807) is 0 Å². The summed E-state index contributed by atoms with van der Waals surface area (Å²) in [5.41, 5.74) is 0.858. The van der Waals surface area contributed by atoms with Gasteiger partial charge in [0.25, 0.3) is 5.91 Å². The highest BCUT2D eigenvalue weighted by Crippen LogP contribution is 2.50. The number of aliphatic hydroxyl groups excluding tert-OH is 2. The predicted molar refractivity (Wildman–Crippen MR) is 114 cm³/mol. The molecule has 7 atom stereocenters. The number of rotatable bonds is 2. The number of allylic oxidation sites excluding steroid dienone is 2. The zero-order valence-electron chi connectivity index (χ0n) is 18.6. The Labute approximate surface area is 179 Å². The van der Waals surface area contributed by atoms with Crippen molar-refractivity contribution in [2.24, 2.45) is 23.7 Å². The van der Waals surface area contributed by atoms with Crippen molar-refractivity contribution in [2.75, 3.05) is 0 Å². The lowest BCUT2D eigenvalue weighted by Gasteiger charge is -2.45. The van der Waals surface area contributed by atoms with E-state index in [1.165, 1.54) is 11.6 Å². The second-order valence-electron chi connectivity index (χ2n) is 9.64. The van der Waals surface area contributed by atoms with Gasteiger partial charge in [0.05, 0.1) is 12.2 Å². The molecular formula is C24H35NO5. The van der Waals surface area contributed by atoms with Gasteiger partial charge in [0, 0.05) is 24.0 Å². The minimum atomic E-state index is -1.32. The van der Waals surface area contributed by atoms with Gasteiger partial charge < -0.3 is 20.3 Å². The molecule has 30 heavy (non-hydrogen) atoms. The topological polar surface area (TPSA) is 95.9 Å². The van der Waals surface area contributed by atoms with E-state index < -0.39 is 23.8 Å². The molecule has 6 nitrogen and oxygen atoms in total. The van der Waals surface area contributed by atoms with Crippen molar-refractivity contribution in [3.05, 3.63) is 35.5 Å². The van der Waals surface area contributed by atoms with Gasteiger partial charge in [-0.1, -0.05) is 44.1 Å². The summed E-state index contributed by atoms with van der Waals surface area (Å²) >= 11 is 0. The van der Waals surface area contributed by atoms with Gasteiger partial charge in [-0.25, -0.2) is 4.79 Å². The first-order chi connectivity index (χ1) is 14.1. The average Bonchev–Trinajstić information content (AvgIpc) is 2.93. The number of hydrogen-bond donors (Lipinski definition) is 3. The smallest absolute Gasteiger partial charge is 0.331 e. The molecule has 1 saturated heterocycles. The molecule has 6 heteroatoms. The predicted octanol–water partition coefficient (Wildman–Crippen LogP) is 2.66. The monoisotopic (exact) mass is 417 g/mol. The molecule has 0 saturated carbocycles. The quantitative estimate of drug-likeness (QED) is 0.474. The van der Waals surface area contributed by atoms with Gasteiger partial charge in [-0.2, -0.15) is 0 Å². The first-order valence-electron chi connectivity index (χ1n) is 11.0. The van der Waals surface area contributed by atoms with Crippen LogP contribution < -0.4 is 5.32 Å². The van der Waals surface area contributed by atoms with Gasteiger partial charge in [0.1, 0.15) is 0 Å². The zero-order valence-corrected chi connectivity index (χ0v) is 18.6. The van der Waals surface area contributed by atoms with Gasteiger partial charge in [-0.3, -0.25) is 4.79 Å². The molecule has 0 unspecified atom stereocenters. The standard InChI is InChI=1S/C24H35NO5/c1-13(2)10-18-22-16(5)15(4)12-17-11-14(3)6-7-19(26)20(27)8-9-21(28)30-24(17,22)23(29)25-18/h8-9,11-13,16-20,22,26-27H,6-7,10H2,1-5H3,(H,25,29)/b9-8-,14-11-/t16-,17+,18+,19+,20-,22+,24-/m1/s1. The van der Waals surface area contributed by atoms with Crippen molar-refractivity contribution in [2.45, 2.75) is 77.7 Å². The van der Waals surface area contributed by atoms with Crippen molar-refractivity contribution in [3.63, 3.8) is 0 Å². The van der Waals surface area contributed by atoms with Gasteiger partial charge in [0.2, 0.25) is 5.60 Å². The zero-order chi connectivity index (χ0) is 22.2. The van der Waals surface area contributed by atoms with Crippen LogP contribution in [0.5, 0.6) is 0 Å². The number of hydrogen-bond acceptors (Lipinski definition) is 5. The van der Waals surface area contributed by atoms with Crippen LogP contribution in [-0.4, -0.2) is 45.9 Å². The Balaban J connectivity index is 2.13. The van der Waals surface area contributed by atoms with Crippen LogP contribution >= 0.6 is 0 Å². The van der Waals surface area contributed by atoms with Crippen LogP contribution in [0.25, 0.3) is 0 Å². The maximum absolute atomic E-state index is 13.4. The minimum Gasteiger partial charge on any atom is -0.444 e. The lowest BCUT2D eigenvalue weighted by molar-refractivity contribution is -0.172. The molecule has 2 heterocycles. The fourth-order valence-electron chi connectivity index (χ4n) is 5.27. The summed E-state index contributed by atoms with van der Waals surface area (Å²) in [5, 5.41) is 23.4. The second-order valence-corrected chi connectivity index (χ2v) is 9.64. The number of nitrogens with one attached hydrogen (secondary N) is 1. The third-order valence-corrected chi connectivity index (χ3v) is 6.91. The van der Waals surface area contributed by atoms with Crippen LogP contribution in [-0.2, 0) is 14.3 Å². The summed E-state index contributed by atoms with van der Waals surface area (Å²) in [7, 11) is 0. The molecule has 1 amide bonds. The molecule has 3 rings (SSSR count). The maximum atomic E-state index is 13.4. The Morgan fingerprint density at radius 1 is 1.23 bits per heavy atom. The van der Waals surface area contributed by atoms with Crippen LogP contribution in [0.3, 0.4) is 0 Å².